The minimum atomic E-state index is -1.23. The molecule has 0 aliphatic rings. The van der Waals surface area contributed by atoms with Gasteiger partial charge in [-0.05, 0) is 12.1 Å². The van der Waals surface area contributed by atoms with Gasteiger partial charge in [-0.1, -0.05) is 12.1 Å². The summed E-state index contributed by atoms with van der Waals surface area (Å²) in [6, 6.07) is 5.48. The quantitative estimate of drug-likeness (QED) is 0.706. The fraction of sp³-hybridized carbons (Fsp3) is 0. The summed E-state index contributed by atoms with van der Waals surface area (Å²) >= 11 is 0. The van der Waals surface area contributed by atoms with E-state index in [4.69, 9.17) is 10.2 Å². The zero-order chi connectivity index (χ0) is 9.14. The third kappa shape index (κ3) is 2.64. The zero-order valence-electron chi connectivity index (χ0n) is 6.02. The first-order valence-electron chi connectivity index (χ1n) is 3.18. The van der Waals surface area contributed by atoms with Gasteiger partial charge in [-0.2, -0.15) is 0 Å². The minimum absolute atomic E-state index is 0. The first-order chi connectivity index (χ1) is 5.63. The van der Waals surface area contributed by atoms with Crippen LogP contribution in [0.3, 0.4) is 0 Å². The Kier molecular flexibility index (Phi) is 4.29. The van der Waals surface area contributed by atoms with E-state index in [2.05, 4.69) is 0 Å². The van der Waals surface area contributed by atoms with Gasteiger partial charge in [0.05, 0.1) is 11.1 Å². The van der Waals surface area contributed by atoms with Crippen LogP contribution in [0.2, 0.25) is 0 Å². The summed E-state index contributed by atoms with van der Waals surface area (Å²) in [4.78, 5) is 20.9. The molecule has 0 aliphatic carbocycles. The van der Waals surface area contributed by atoms with Crippen molar-refractivity contribution < 1.29 is 19.8 Å². The Morgan fingerprint density at radius 2 is 1.23 bits per heavy atom. The summed E-state index contributed by atoms with van der Waals surface area (Å²) in [6.45, 7) is 0. The summed E-state index contributed by atoms with van der Waals surface area (Å²) in [5, 5.41) is 17.1. The summed E-state index contributed by atoms with van der Waals surface area (Å²) in [5.41, 5.74) is -0.380. The molecule has 0 aromatic heterocycles. The van der Waals surface area contributed by atoms with Crippen LogP contribution in [-0.4, -0.2) is 41.9 Å². The summed E-state index contributed by atoms with van der Waals surface area (Å²) in [5.74, 6) is -2.46. The Bertz CT molecular complexity index is 302. The van der Waals surface area contributed by atoms with Crippen LogP contribution in [-0.2, 0) is 0 Å². The summed E-state index contributed by atoms with van der Waals surface area (Å²) in [7, 11) is 0. The van der Waals surface area contributed by atoms with Crippen molar-refractivity contribution in [3.05, 3.63) is 35.4 Å². The van der Waals surface area contributed by atoms with E-state index >= 15 is 0 Å². The summed E-state index contributed by atoms with van der Waals surface area (Å²) in [6.07, 6.45) is 0. The van der Waals surface area contributed by atoms with Crippen molar-refractivity contribution in [3.8, 4) is 0 Å². The Morgan fingerprint density at radius 1 is 0.923 bits per heavy atom. The van der Waals surface area contributed by atoms with Crippen LogP contribution in [0.4, 0.5) is 0 Å². The van der Waals surface area contributed by atoms with Crippen molar-refractivity contribution in [2.24, 2.45) is 0 Å². The van der Waals surface area contributed by atoms with E-state index in [0.717, 1.165) is 0 Å². The van der Waals surface area contributed by atoms with Crippen LogP contribution < -0.4 is 0 Å². The second-order valence-corrected chi connectivity index (χ2v) is 2.16. The molecule has 0 bridgehead atoms. The van der Waals surface area contributed by atoms with Crippen LogP contribution in [0, 0.1) is 0 Å². The van der Waals surface area contributed by atoms with Crippen molar-refractivity contribution in [2.45, 2.75) is 0 Å². The van der Waals surface area contributed by atoms with Gasteiger partial charge in [0, 0.05) is 0 Å². The van der Waals surface area contributed by atoms with Gasteiger partial charge < -0.3 is 10.2 Å². The number of carboxylic acids is 2. The molecule has 0 spiro atoms. The first-order valence-corrected chi connectivity index (χ1v) is 3.18. The van der Waals surface area contributed by atoms with Crippen LogP contribution in [0.1, 0.15) is 20.7 Å². The summed E-state index contributed by atoms with van der Waals surface area (Å²) < 4.78 is 0. The van der Waals surface area contributed by atoms with Gasteiger partial charge in [-0.3, -0.25) is 0 Å². The molecule has 13 heavy (non-hydrogen) atoms. The zero-order valence-corrected chi connectivity index (χ0v) is 6.02. The average Bonchev–Trinajstić information content (AvgIpc) is 2.04. The topological polar surface area (TPSA) is 74.6 Å². The molecule has 0 saturated heterocycles. The maximum atomic E-state index is 10.5. The molecule has 5 heteroatoms. The molecule has 0 unspecified atom stereocenters. The number of carboxylic acid groups (broad SMARTS) is 2. The predicted molar refractivity (Wildman–Crippen MR) is 50.3 cm³/mol. The van der Waals surface area contributed by atoms with E-state index in [-0.39, 0.29) is 30.9 Å². The molecule has 1 aromatic carbocycles. The molecule has 1 aromatic rings. The number of hydrogen-bond acceptors (Lipinski definition) is 2. The second kappa shape index (κ2) is 4.73. The van der Waals surface area contributed by atoms with Crippen molar-refractivity contribution in [1.29, 1.82) is 0 Å². The van der Waals surface area contributed by atoms with Gasteiger partial charge in [0.1, 0.15) is 0 Å². The van der Waals surface area contributed by atoms with Gasteiger partial charge in [-0.25, -0.2) is 9.59 Å². The number of rotatable bonds is 2. The number of aromatic carboxylic acids is 2. The van der Waals surface area contributed by atoms with Gasteiger partial charge in [0.25, 0.3) is 0 Å². The third-order valence-corrected chi connectivity index (χ3v) is 1.39. The fourth-order valence-electron chi connectivity index (χ4n) is 0.856. The number of hydrogen-bond donors (Lipinski definition) is 2. The Balaban J connectivity index is 0.00000144. The Labute approximate surface area is 87.3 Å². The van der Waals surface area contributed by atoms with Gasteiger partial charge in [-0.15, -0.1) is 0 Å². The standard InChI is InChI=1S/C8H6O4.Ga.3H/c9-7(10)5-3-1-2-4-6(5)8(11)12;;;;/h1-4H,(H,9,10)(H,11,12);;;;. The van der Waals surface area contributed by atoms with Gasteiger partial charge in [0.15, 0.2) is 0 Å². The van der Waals surface area contributed by atoms with Crippen LogP contribution in [0.15, 0.2) is 24.3 Å². The van der Waals surface area contributed by atoms with E-state index in [9.17, 15) is 9.59 Å². The molecule has 2 N–H and O–H groups in total. The van der Waals surface area contributed by atoms with Crippen molar-refractivity contribution >= 4 is 31.7 Å². The average molecular weight is 239 g/mol. The molecule has 0 fully saturated rings. The molecule has 1 rings (SSSR count). The molecule has 0 radical (unpaired) electrons. The molecular formula is C8H9GaO4. The maximum absolute atomic E-state index is 10.5. The van der Waals surface area contributed by atoms with Crippen molar-refractivity contribution in [3.63, 3.8) is 0 Å². The molecular weight excluding hydrogens is 230 g/mol. The second-order valence-electron chi connectivity index (χ2n) is 2.16. The molecule has 0 aliphatic heterocycles. The Morgan fingerprint density at radius 3 is 1.46 bits per heavy atom. The normalized spacial score (nSPS) is 8.62. The van der Waals surface area contributed by atoms with E-state index < -0.39 is 11.9 Å². The van der Waals surface area contributed by atoms with Gasteiger partial charge >= 0.3 is 31.7 Å². The molecule has 0 heterocycles. The molecule has 68 valence electrons. The van der Waals surface area contributed by atoms with E-state index in [0.29, 0.717) is 0 Å². The monoisotopic (exact) mass is 238 g/mol. The molecule has 4 nitrogen and oxygen atoms in total. The SMILES string of the molecule is O=C(O)c1ccccc1C(=O)O.[GaH3]. The Hall–Kier alpha value is -1.20. The molecule has 0 saturated carbocycles. The number of benzene rings is 1. The van der Waals surface area contributed by atoms with E-state index in [1.54, 1.807) is 0 Å². The predicted octanol–water partition coefficient (Wildman–Crippen LogP) is -0.101. The van der Waals surface area contributed by atoms with Crippen LogP contribution in [0.5, 0.6) is 0 Å². The fourth-order valence-corrected chi connectivity index (χ4v) is 0.856. The third-order valence-electron chi connectivity index (χ3n) is 1.39. The van der Waals surface area contributed by atoms with E-state index in [1.807, 2.05) is 0 Å². The molecule has 0 atom stereocenters. The van der Waals surface area contributed by atoms with Crippen LogP contribution >= 0.6 is 0 Å². The first kappa shape index (κ1) is 11.8. The number of carbonyl (C=O) groups is 2. The van der Waals surface area contributed by atoms with Crippen LogP contribution in [0.25, 0.3) is 0 Å². The van der Waals surface area contributed by atoms with Crippen molar-refractivity contribution in [2.75, 3.05) is 0 Å². The van der Waals surface area contributed by atoms with Crippen molar-refractivity contribution in [1.82, 2.24) is 0 Å². The van der Waals surface area contributed by atoms with E-state index in [1.165, 1.54) is 24.3 Å². The van der Waals surface area contributed by atoms with Gasteiger partial charge in [0.2, 0.25) is 0 Å². The molecule has 0 amide bonds.